The van der Waals surface area contributed by atoms with E-state index in [0.29, 0.717) is 18.7 Å². The van der Waals surface area contributed by atoms with Crippen LogP contribution in [0, 0.1) is 10.1 Å². The van der Waals surface area contributed by atoms with Gasteiger partial charge in [-0.25, -0.2) is 0 Å². The molecule has 1 unspecified atom stereocenters. The first-order chi connectivity index (χ1) is 8.24. The Morgan fingerprint density at radius 2 is 2.41 bits per heavy atom. The maximum Gasteiger partial charge on any atom is 0.316 e. The van der Waals surface area contributed by atoms with Crippen LogP contribution in [0.25, 0.3) is 0 Å². The molecule has 1 N–H and O–H groups in total. The predicted octanol–water partition coefficient (Wildman–Crippen LogP) is 1.26. The van der Waals surface area contributed by atoms with Crippen LogP contribution >= 0.6 is 0 Å². The second kappa shape index (κ2) is 5.11. The van der Waals surface area contributed by atoms with E-state index in [-0.39, 0.29) is 17.5 Å². The van der Waals surface area contributed by atoms with E-state index in [0.717, 1.165) is 6.54 Å². The van der Waals surface area contributed by atoms with Gasteiger partial charge in [0.15, 0.2) is 5.75 Å². The van der Waals surface area contributed by atoms with Crippen molar-refractivity contribution in [1.29, 1.82) is 0 Å². The third-order valence-electron chi connectivity index (χ3n) is 2.71. The van der Waals surface area contributed by atoms with Gasteiger partial charge < -0.3 is 14.8 Å². The Labute approximate surface area is 98.7 Å². The van der Waals surface area contributed by atoms with Crippen molar-refractivity contribution in [3.05, 3.63) is 33.9 Å². The van der Waals surface area contributed by atoms with Crippen LogP contribution in [-0.2, 0) is 4.74 Å². The summed E-state index contributed by atoms with van der Waals surface area (Å²) >= 11 is 0. The standard InChI is InChI=1S/C11H14N2O4/c1-16-9-4-2-3-8(11(9)13(14)15)10-7-12-5-6-17-10/h2-4,10,12H,5-7H2,1H3. The Bertz CT molecular complexity index is 416. The van der Waals surface area contributed by atoms with Gasteiger partial charge in [0.1, 0.15) is 6.10 Å². The number of morpholine rings is 1. The fourth-order valence-corrected chi connectivity index (χ4v) is 1.92. The molecule has 1 aromatic rings. The van der Waals surface area contributed by atoms with Crippen LogP contribution in [0.3, 0.4) is 0 Å². The van der Waals surface area contributed by atoms with E-state index in [4.69, 9.17) is 9.47 Å². The molecule has 1 saturated heterocycles. The summed E-state index contributed by atoms with van der Waals surface area (Å²) < 4.78 is 10.6. The Balaban J connectivity index is 2.40. The normalized spacial score (nSPS) is 19.9. The molecular formula is C11H14N2O4. The molecule has 92 valence electrons. The summed E-state index contributed by atoms with van der Waals surface area (Å²) in [5.41, 5.74) is 0.547. The second-order valence-electron chi connectivity index (χ2n) is 3.72. The van der Waals surface area contributed by atoms with Gasteiger partial charge in [-0.2, -0.15) is 0 Å². The second-order valence-corrected chi connectivity index (χ2v) is 3.72. The van der Waals surface area contributed by atoms with E-state index in [2.05, 4.69) is 5.32 Å². The molecule has 0 bridgehead atoms. The van der Waals surface area contributed by atoms with Crippen molar-refractivity contribution in [3.63, 3.8) is 0 Å². The molecule has 1 atom stereocenters. The Morgan fingerprint density at radius 1 is 1.59 bits per heavy atom. The molecule has 1 heterocycles. The smallest absolute Gasteiger partial charge is 0.316 e. The number of ether oxygens (including phenoxy) is 2. The topological polar surface area (TPSA) is 73.6 Å². The molecule has 1 fully saturated rings. The van der Waals surface area contributed by atoms with E-state index in [1.54, 1.807) is 18.2 Å². The van der Waals surface area contributed by atoms with Crippen molar-refractivity contribution in [2.24, 2.45) is 0 Å². The molecule has 6 heteroatoms. The average Bonchev–Trinajstić information content (AvgIpc) is 2.38. The fraction of sp³-hybridized carbons (Fsp3) is 0.455. The van der Waals surface area contributed by atoms with Gasteiger partial charge in [0.05, 0.1) is 24.2 Å². The summed E-state index contributed by atoms with van der Waals surface area (Å²) in [6, 6.07) is 5.02. The average molecular weight is 238 g/mol. The van der Waals surface area contributed by atoms with Gasteiger partial charge in [-0.15, -0.1) is 0 Å². The molecular weight excluding hydrogens is 224 g/mol. The highest BCUT2D eigenvalue weighted by Gasteiger charge is 2.27. The third-order valence-corrected chi connectivity index (χ3v) is 2.71. The first kappa shape index (κ1) is 11.8. The van der Waals surface area contributed by atoms with Crippen LogP contribution in [0.1, 0.15) is 11.7 Å². The highest BCUT2D eigenvalue weighted by molar-refractivity contribution is 5.53. The minimum atomic E-state index is -0.424. The molecule has 0 spiro atoms. The van der Waals surface area contributed by atoms with Crippen molar-refractivity contribution >= 4 is 5.69 Å². The quantitative estimate of drug-likeness (QED) is 0.634. The van der Waals surface area contributed by atoms with Gasteiger partial charge >= 0.3 is 5.69 Å². The van der Waals surface area contributed by atoms with E-state index >= 15 is 0 Å². The van der Waals surface area contributed by atoms with Crippen LogP contribution in [0.2, 0.25) is 0 Å². The Morgan fingerprint density at radius 3 is 3.00 bits per heavy atom. The maximum atomic E-state index is 11.1. The Kier molecular flexibility index (Phi) is 3.55. The summed E-state index contributed by atoms with van der Waals surface area (Å²) in [4.78, 5) is 10.7. The number of methoxy groups -OCH3 is 1. The molecule has 0 aliphatic carbocycles. The zero-order valence-corrected chi connectivity index (χ0v) is 9.51. The van der Waals surface area contributed by atoms with Crippen molar-refractivity contribution in [2.75, 3.05) is 26.8 Å². The zero-order chi connectivity index (χ0) is 12.3. The van der Waals surface area contributed by atoms with Crippen molar-refractivity contribution in [1.82, 2.24) is 5.32 Å². The number of hydrogen-bond donors (Lipinski definition) is 1. The van der Waals surface area contributed by atoms with E-state index in [1.165, 1.54) is 7.11 Å². The summed E-state index contributed by atoms with van der Waals surface area (Å²) in [5, 5.41) is 14.2. The predicted molar refractivity (Wildman–Crippen MR) is 61.2 cm³/mol. The number of benzene rings is 1. The van der Waals surface area contributed by atoms with Crippen LogP contribution in [0.4, 0.5) is 5.69 Å². The van der Waals surface area contributed by atoms with Gasteiger partial charge in [-0.1, -0.05) is 6.07 Å². The highest BCUT2D eigenvalue weighted by atomic mass is 16.6. The number of nitro groups is 1. The number of nitrogens with one attached hydrogen (secondary N) is 1. The zero-order valence-electron chi connectivity index (χ0n) is 9.51. The molecule has 1 aromatic carbocycles. The monoisotopic (exact) mass is 238 g/mol. The van der Waals surface area contributed by atoms with Crippen LogP contribution < -0.4 is 10.1 Å². The van der Waals surface area contributed by atoms with Gasteiger partial charge in [0, 0.05) is 13.1 Å². The number of nitro benzene ring substituents is 1. The lowest BCUT2D eigenvalue weighted by Gasteiger charge is -2.24. The Hall–Kier alpha value is -1.66. The summed E-state index contributed by atoms with van der Waals surface area (Å²) in [7, 11) is 1.42. The van der Waals surface area contributed by atoms with Crippen molar-refractivity contribution < 1.29 is 14.4 Å². The number of para-hydroxylation sites is 1. The van der Waals surface area contributed by atoms with E-state index in [9.17, 15) is 10.1 Å². The number of nitrogens with zero attached hydrogens (tertiary/aromatic N) is 1. The lowest BCUT2D eigenvalue weighted by Crippen LogP contribution is -2.33. The van der Waals surface area contributed by atoms with Gasteiger partial charge in [-0.3, -0.25) is 10.1 Å². The van der Waals surface area contributed by atoms with Crippen LogP contribution in [0.5, 0.6) is 5.75 Å². The highest BCUT2D eigenvalue weighted by Crippen LogP contribution is 2.35. The molecule has 6 nitrogen and oxygen atoms in total. The van der Waals surface area contributed by atoms with Crippen LogP contribution in [-0.4, -0.2) is 31.7 Å². The molecule has 0 saturated carbocycles. The van der Waals surface area contributed by atoms with Gasteiger partial charge in [-0.05, 0) is 12.1 Å². The number of rotatable bonds is 3. The van der Waals surface area contributed by atoms with Gasteiger partial charge in [0.2, 0.25) is 0 Å². The molecule has 0 radical (unpaired) electrons. The largest absolute Gasteiger partial charge is 0.490 e. The van der Waals surface area contributed by atoms with Gasteiger partial charge in [0.25, 0.3) is 0 Å². The van der Waals surface area contributed by atoms with E-state index in [1.807, 2.05) is 0 Å². The molecule has 0 aromatic heterocycles. The maximum absolute atomic E-state index is 11.1. The SMILES string of the molecule is COc1cccc(C2CNCCO2)c1[N+](=O)[O-]. The first-order valence-electron chi connectivity index (χ1n) is 5.37. The molecule has 17 heavy (non-hydrogen) atoms. The lowest BCUT2D eigenvalue weighted by molar-refractivity contribution is -0.387. The summed E-state index contributed by atoms with van der Waals surface area (Å²) in [5.74, 6) is 0.265. The summed E-state index contributed by atoms with van der Waals surface area (Å²) in [6.07, 6.45) is -0.292. The molecule has 0 amide bonds. The number of hydrogen-bond acceptors (Lipinski definition) is 5. The molecule has 1 aliphatic heterocycles. The minimum Gasteiger partial charge on any atom is -0.490 e. The first-order valence-corrected chi connectivity index (χ1v) is 5.37. The lowest BCUT2D eigenvalue weighted by atomic mass is 10.1. The van der Waals surface area contributed by atoms with Crippen LogP contribution in [0.15, 0.2) is 18.2 Å². The summed E-state index contributed by atoms with van der Waals surface area (Å²) in [6.45, 7) is 1.90. The fourth-order valence-electron chi connectivity index (χ4n) is 1.92. The molecule has 1 aliphatic rings. The van der Waals surface area contributed by atoms with E-state index < -0.39 is 4.92 Å². The minimum absolute atomic E-state index is 0.0105. The van der Waals surface area contributed by atoms with Crippen molar-refractivity contribution in [3.8, 4) is 5.75 Å². The van der Waals surface area contributed by atoms with Crippen molar-refractivity contribution in [2.45, 2.75) is 6.10 Å². The third kappa shape index (κ3) is 2.37. The molecule has 2 rings (SSSR count).